The van der Waals surface area contributed by atoms with Crippen LogP contribution in [0.15, 0.2) is 30.3 Å². The highest BCUT2D eigenvalue weighted by Gasteiger charge is 2.72. The summed E-state index contributed by atoms with van der Waals surface area (Å²) in [5.41, 5.74) is -1.36. The molecule has 0 bridgehead atoms. The van der Waals surface area contributed by atoms with Gasteiger partial charge in [-0.3, -0.25) is 9.63 Å². The standard InChI is InChI=1S/C14H17NO6/c1-10(16)13(11-8-6-5-7-9-11)14(18-2,19-3)15(20-4)12(17)21-13/h5-9H,1-4H3. The number of ketones is 1. The van der Waals surface area contributed by atoms with E-state index in [-0.39, 0.29) is 0 Å². The normalized spacial score (nSPS) is 24.0. The first-order chi connectivity index (χ1) is 10.00. The zero-order valence-corrected chi connectivity index (χ0v) is 12.3. The van der Waals surface area contributed by atoms with Crippen molar-refractivity contribution in [2.45, 2.75) is 18.4 Å². The Labute approximate surface area is 122 Å². The van der Waals surface area contributed by atoms with Crippen LogP contribution in [0.2, 0.25) is 0 Å². The molecule has 2 rings (SSSR count). The SMILES string of the molecule is CON1C(=O)OC(C(C)=O)(c2ccccc2)C1(OC)OC. The number of carbonyl (C=O) groups excluding carboxylic acids is 2. The largest absolute Gasteiger partial charge is 0.440 e. The first-order valence-electron chi connectivity index (χ1n) is 6.24. The molecule has 0 radical (unpaired) electrons. The number of hydroxylamine groups is 2. The molecule has 1 aliphatic rings. The molecule has 1 atom stereocenters. The van der Waals surface area contributed by atoms with Gasteiger partial charge in [0.1, 0.15) is 0 Å². The van der Waals surface area contributed by atoms with Crippen molar-refractivity contribution in [3.8, 4) is 0 Å². The molecule has 1 unspecified atom stereocenters. The van der Waals surface area contributed by atoms with Crippen molar-refractivity contribution in [3.05, 3.63) is 35.9 Å². The second kappa shape index (κ2) is 5.44. The summed E-state index contributed by atoms with van der Waals surface area (Å²) in [7, 11) is 3.87. The molecule has 7 nitrogen and oxygen atoms in total. The van der Waals surface area contributed by atoms with Crippen molar-refractivity contribution in [1.82, 2.24) is 5.06 Å². The maximum atomic E-state index is 12.4. The van der Waals surface area contributed by atoms with Crippen LogP contribution < -0.4 is 0 Å². The van der Waals surface area contributed by atoms with Gasteiger partial charge in [-0.15, -0.1) is 5.06 Å². The Morgan fingerprint density at radius 3 is 2.14 bits per heavy atom. The van der Waals surface area contributed by atoms with E-state index in [0.29, 0.717) is 5.56 Å². The number of hydrogen-bond donors (Lipinski definition) is 0. The fraction of sp³-hybridized carbons (Fsp3) is 0.429. The third kappa shape index (κ3) is 1.85. The van der Waals surface area contributed by atoms with Gasteiger partial charge in [-0.25, -0.2) is 4.79 Å². The number of amides is 1. The fourth-order valence-electron chi connectivity index (χ4n) is 2.64. The lowest BCUT2D eigenvalue weighted by Gasteiger charge is -2.40. The van der Waals surface area contributed by atoms with Crippen LogP contribution in [-0.2, 0) is 29.4 Å². The van der Waals surface area contributed by atoms with Crippen LogP contribution in [0, 0.1) is 0 Å². The van der Waals surface area contributed by atoms with Gasteiger partial charge in [-0.1, -0.05) is 30.3 Å². The van der Waals surface area contributed by atoms with Crippen LogP contribution in [0.25, 0.3) is 0 Å². The molecule has 7 heteroatoms. The van der Waals surface area contributed by atoms with Gasteiger partial charge in [0.25, 0.3) is 5.60 Å². The molecule has 0 N–H and O–H groups in total. The lowest BCUT2D eigenvalue weighted by Crippen LogP contribution is -2.62. The fourth-order valence-corrected chi connectivity index (χ4v) is 2.64. The second-order valence-corrected chi connectivity index (χ2v) is 4.44. The van der Waals surface area contributed by atoms with Gasteiger partial charge in [0.2, 0.25) is 0 Å². The summed E-state index contributed by atoms with van der Waals surface area (Å²) in [6.07, 6.45) is -0.875. The van der Waals surface area contributed by atoms with E-state index in [1.807, 2.05) is 0 Å². The third-order valence-electron chi connectivity index (χ3n) is 3.53. The molecule has 114 valence electrons. The summed E-state index contributed by atoms with van der Waals surface area (Å²) < 4.78 is 16.1. The van der Waals surface area contributed by atoms with E-state index in [0.717, 1.165) is 5.06 Å². The quantitative estimate of drug-likeness (QED) is 0.765. The minimum Gasteiger partial charge on any atom is -0.420 e. The summed E-state index contributed by atoms with van der Waals surface area (Å²) in [6.45, 7) is 1.30. The Morgan fingerprint density at radius 2 is 1.71 bits per heavy atom. The topological polar surface area (TPSA) is 74.3 Å². The van der Waals surface area contributed by atoms with E-state index in [2.05, 4.69) is 0 Å². The molecule has 0 saturated carbocycles. The minimum absolute atomic E-state index is 0.425. The molecule has 0 aliphatic carbocycles. The zero-order chi connectivity index (χ0) is 15.7. The summed E-state index contributed by atoms with van der Waals surface area (Å²) in [6, 6.07) is 8.53. The Morgan fingerprint density at radius 1 is 1.14 bits per heavy atom. The molecule has 0 aromatic heterocycles. The maximum Gasteiger partial charge on any atom is 0.440 e. The first-order valence-corrected chi connectivity index (χ1v) is 6.24. The predicted molar refractivity (Wildman–Crippen MR) is 70.9 cm³/mol. The molecule has 1 aromatic rings. The Hall–Kier alpha value is -1.96. The molecule has 1 aromatic carbocycles. The van der Waals surface area contributed by atoms with E-state index in [4.69, 9.17) is 19.0 Å². The smallest absolute Gasteiger partial charge is 0.420 e. The second-order valence-electron chi connectivity index (χ2n) is 4.44. The van der Waals surface area contributed by atoms with Crippen molar-refractivity contribution >= 4 is 11.9 Å². The number of nitrogens with zero attached hydrogens (tertiary/aromatic N) is 1. The molecule has 1 fully saturated rings. The molecular formula is C14H17NO6. The average molecular weight is 295 g/mol. The van der Waals surface area contributed by atoms with Crippen LogP contribution in [0.5, 0.6) is 0 Å². The van der Waals surface area contributed by atoms with Crippen LogP contribution >= 0.6 is 0 Å². The number of methoxy groups -OCH3 is 2. The van der Waals surface area contributed by atoms with Crippen molar-refractivity contribution in [3.63, 3.8) is 0 Å². The van der Waals surface area contributed by atoms with Gasteiger partial charge >= 0.3 is 12.0 Å². The molecule has 1 saturated heterocycles. The highest BCUT2D eigenvalue weighted by molar-refractivity contribution is 5.92. The number of carbonyl (C=O) groups is 2. The van der Waals surface area contributed by atoms with Crippen molar-refractivity contribution in [1.29, 1.82) is 0 Å². The van der Waals surface area contributed by atoms with Crippen LogP contribution in [0.4, 0.5) is 4.79 Å². The van der Waals surface area contributed by atoms with Gasteiger partial charge < -0.3 is 14.2 Å². The number of cyclic esters (lactones) is 1. The summed E-state index contributed by atoms with van der Waals surface area (Å²) in [5.74, 6) is -2.31. The maximum absolute atomic E-state index is 12.4. The summed E-state index contributed by atoms with van der Waals surface area (Å²) in [4.78, 5) is 29.5. The van der Waals surface area contributed by atoms with E-state index in [1.165, 1.54) is 28.3 Å². The number of benzene rings is 1. The van der Waals surface area contributed by atoms with E-state index >= 15 is 0 Å². The van der Waals surface area contributed by atoms with Crippen molar-refractivity contribution in [2.24, 2.45) is 0 Å². The Kier molecular flexibility index (Phi) is 3.99. The summed E-state index contributed by atoms with van der Waals surface area (Å²) >= 11 is 0. The molecule has 21 heavy (non-hydrogen) atoms. The zero-order valence-electron chi connectivity index (χ0n) is 12.3. The highest BCUT2D eigenvalue weighted by Crippen LogP contribution is 2.48. The number of rotatable bonds is 5. The van der Waals surface area contributed by atoms with E-state index in [9.17, 15) is 9.59 Å². The number of ether oxygens (including phenoxy) is 3. The van der Waals surface area contributed by atoms with Crippen molar-refractivity contribution < 1.29 is 28.6 Å². The average Bonchev–Trinajstić information content (AvgIpc) is 2.77. The number of hydrogen-bond acceptors (Lipinski definition) is 6. The van der Waals surface area contributed by atoms with Crippen LogP contribution in [0.1, 0.15) is 12.5 Å². The molecule has 0 spiro atoms. The molecule has 1 aliphatic heterocycles. The minimum atomic E-state index is -1.86. The predicted octanol–water partition coefficient (Wildman–Crippen LogP) is 1.43. The highest BCUT2D eigenvalue weighted by atomic mass is 16.9. The monoisotopic (exact) mass is 295 g/mol. The first kappa shape index (κ1) is 15.4. The van der Waals surface area contributed by atoms with Gasteiger partial charge in [0, 0.05) is 19.8 Å². The van der Waals surface area contributed by atoms with Gasteiger partial charge in [-0.2, -0.15) is 0 Å². The van der Waals surface area contributed by atoms with Gasteiger partial charge in [0.15, 0.2) is 5.78 Å². The third-order valence-corrected chi connectivity index (χ3v) is 3.53. The Bertz CT molecular complexity index is 542. The Balaban J connectivity index is 2.75. The lowest BCUT2D eigenvalue weighted by molar-refractivity contribution is -0.378. The van der Waals surface area contributed by atoms with E-state index < -0.39 is 23.4 Å². The number of Topliss-reactive ketones (excluding diaryl/α,β-unsaturated/α-hetero) is 1. The van der Waals surface area contributed by atoms with E-state index in [1.54, 1.807) is 30.3 Å². The molecule has 1 heterocycles. The molecular weight excluding hydrogens is 278 g/mol. The van der Waals surface area contributed by atoms with Gasteiger partial charge in [0.05, 0.1) is 7.11 Å². The summed E-state index contributed by atoms with van der Waals surface area (Å²) in [5, 5.41) is 0.765. The van der Waals surface area contributed by atoms with Crippen molar-refractivity contribution in [2.75, 3.05) is 21.3 Å². The van der Waals surface area contributed by atoms with Gasteiger partial charge in [-0.05, 0) is 6.92 Å². The lowest BCUT2D eigenvalue weighted by atomic mass is 9.86. The van der Waals surface area contributed by atoms with Crippen LogP contribution in [-0.4, -0.2) is 44.2 Å². The molecule has 1 amide bonds. The van der Waals surface area contributed by atoms with Crippen LogP contribution in [0.3, 0.4) is 0 Å².